The van der Waals surface area contributed by atoms with Gasteiger partial charge in [0.25, 0.3) is 0 Å². The van der Waals surface area contributed by atoms with Gasteiger partial charge in [0.1, 0.15) is 11.9 Å². The fourth-order valence-corrected chi connectivity index (χ4v) is 2.66. The fourth-order valence-electron chi connectivity index (χ4n) is 1.24. The number of aliphatic hydroxyl groups excluding tert-OH is 1. The predicted octanol–water partition coefficient (Wildman–Crippen LogP) is 2.85. The monoisotopic (exact) mass is 260 g/mol. The van der Waals surface area contributed by atoms with Gasteiger partial charge < -0.3 is 9.84 Å². The second-order valence-electron chi connectivity index (χ2n) is 2.79. The highest BCUT2D eigenvalue weighted by Gasteiger charge is 2.19. The van der Waals surface area contributed by atoms with E-state index < -0.39 is 6.10 Å². The van der Waals surface area contributed by atoms with Crippen molar-refractivity contribution < 1.29 is 9.84 Å². The third-order valence-electron chi connectivity index (χ3n) is 1.87. The number of rotatable bonds is 2. The summed E-state index contributed by atoms with van der Waals surface area (Å²) in [6.45, 7) is 0.693. The van der Waals surface area contributed by atoms with E-state index in [4.69, 9.17) is 4.74 Å². The molecule has 4 heteroatoms. The lowest BCUT2D eigenvalue weighted by Crippen LogP contribution is -1.99. The zero-order chi connectivity index (χ0) is 9.26. The molecule has 1 N–H and O–H groups in total. The first-order chi connectivity index (χ1) is 6.27. The van der Waals surface area contributed by atoms with Gasteiger partial charge >= 0.3 is 0 Å². The summed E-state index contributed by atoms with van der Waals surface area (Å²) in [6.07, 6.45) is 2.26. The molecule has 0 saturated carbocycles. The summed E-state index contributed by atoms with van der Waals surface area (Å²) in [5, 5.41) is 9.83. The second kappa shape index (κ2) is 3.82. The van der Waals surface area contributed by atoms with E-state index in [0.717, 1.165) is 15.1 Å². The van der Waals surface area contributed by atoms with Crippen molar-refractivity contribution in [3.63, 3.8) is 0 Å². The summed E-state index contributed by atoms with van der Waals surface area (Å²) < 4.78 is 6.31. The minimum atomic E-state index is -0.584. The van der Waals surface area contributed by atoms with E-state index in [1.165, 1.54) is 11.3 Å². The Morgan fingerprint density at radius 3 is 2.92 bits per heavy atom. The molecule has 2 rings (SSSR count). The highest BCUT2D eigenvalue weighted by molar-refractivity contribution is 9.11. The van der Waals surface area contributed by atoms with E-state index in [9.17, 15) is 5.11 Å². The van der Waals surface area contributed by atoms with E-state index in [0.29, 0.717) is 12.4 Å². The van der Waals surface area contributed by atoms with Crippen molar-refractivity contribution in [2.75, 3.05) is 6.61 Å². The molecule has 0 aliphatic carbocycles. The number of halogens is 1. The van der Waals surface area contributed by atoms with Crippen LogP contribution in [0.5, 0.6) is 0 Å². The Morgan fingerprint density at radius 1 is 1.54 bits per heavy atom. The molecule has 2 nitrogen and oxygen atoms in total. The van der Waals surface area contributed by atoms with E-state index in [1.807, 2.05) is 18.2 Å². The molecule has 1 aliphatic rings. The molecule has 0 spiro atoms. The fraction of sp³-hybridized carbons (Fsp3) is 0.333. The molecule has 1 unspecified atom stereocenters. The first kappa shape index (κ1) is 9.24. The van der Waals surface area contributed by atoms with Gasteiger partial charge in [-0.05, 0) is 34.1 Å². The van der Waals surface area contributed by atoms with Crippen molar-refractivity contribution in [3.05, 3.63) is 32.6 Å². The largest absolute Gasteiger partial charge is 0.495 e. The van der Waals surface area contributed by atoms with E-state index >= 15 is 0 Å². The maximum absolute atomic E-state index is 9.83. The number of hydrogen-bond acceptors (Lipinski definition) is 3. The Kier molecular flexibility index (Phi) is 2.71. The van der Waals surface area contributed by atoms with Gasteiger partial charge in [0.05, 0.1) is 10.4 Å². The quantitative estimate of drug-likeness (QED) is 0.887. The van der Waals surface area contributed by atoms with Crippen LogP contribution in [0.4, 0.5) is 0 Å². The van der Waals surface area contributed by atoms with Crippen LogP contribution in [0, 0.1) is 0 Å². The summed E-state index contributed by atoms with van der Waals surface area (Å²) in [7, 11) is 0. The van der Waals surface area contributed by atoms with Crippen LogP contribution >= 0.6 is 27.3 Å². The highest BCUT2D eigenvalue weighted by Crippen LogP contribution is 2.33. The van der Waals surface area contributed by atoms with Crippen LogP contribution in [0.1, 0.15) is 17.4 Å². The number of thiophene rings is 1. The molecule has 2 heterocycles. The van der Waals surface area contributed by atoms with Gasteiger partial charge in [-0.3, -0.25) is 0 Å². The molecule has 13 heavy (non-hydrogen) atoms. The minimum Gasteiger partial charge on any atom is -0.495 e. The molecule has 0 radical (unpaired) electrons. The molecule has 0 aromatic carbocycles. The van der Waals surface area contributed by atoms with Gasteiger partial charge in [-0.2, -0.15) is 0 Å². The molecule has 0 bridgehead atoms. The van der Waals surface area contributed by atoms with E-state index in [2.05, 4.69) is 15.9 Å². The number of ether oxygens (including phenoxy) is 1. The first-order valence-corrected chi connectivity index (χ1v) is 5.64. The zero-order valence-electron chi connectivity index (χ0n) is 6.87. The topological polar surface area (TPSA) is 29.5 Å². The highest BCUT2D eigenvalue weighted by atomic mass is 79.9. The minimum absolute atomic E-state index is 0.584. The summed E-state index contributed by atoms with van der Waals surface area (Å²) in [5.74, 6) is 0.689. The van der Waals surface area contributed by atoms with E-state index in [-0.39, 0.29) is 0 Å². The summed E-state index contributed by atoms with van der Waals surface area (Å²) in [4.78, 5) is 0.917. The molecule has 0 amide bonds. The average Bonchev–Trinajstić information content (AvgIpc) is 2.72. The molecular formula is C9H9BrO2S. The van der Waals surface area contributed by atoms with E-state index in [1.54, 1.807) is 0 Å². The Bertz CT molecular complexity index is 332. The lowest BCUT2D eigenvalue weighted by molar-refractivity contribution is 0.121. The van der Waals surface area contributed by atoms with Gasteiger partial charge in [0, 0.05) is 11.3 Å². The second-order valence-corrected chi connectivity index (χ2v) is 5.28. The van der Waals surface area contributed by atoms with Crippen molar-refractivity contribution in [3.8, 4) is 0 Å². The lowest BCUT2D eigenvalue weighted by atomic mass is 10.2. The van der Waals surface area contributed by atoms with Crippen molar-refractivity contribution in [1.29, 1.82) is 0 Å². The molecule has 1 aliphatic heterocycles. The van der Waals surface area contributed by atoms with Crippen molar-refractivity contribution >= 4 is 27.3 Å². The Morgan fingerprint density at radius 2 is 2.38 bits per heavy atom. The predicted molar refractivity (Wildman–Crippen MR) is 55.6 cm³/mol. The molecule has 0 saturated heterocycles. The molecule has 70 valence electrons. The van der Waals surface area contributed by atoms with Crippen LogP contribution in [0.3, 0.4) is 0 Å². The third-order valence-corrected chi connectivity index (χ3v) is 3.54. The Hall–Kier alpha value is -0.320. The average molecular weight is 261 g/mol. The summed E-state index contributed by atoms with van der Waals surface area (Å²) in [5.41, 5.74) is 0. The van der Waals surface area contributed by atoms with Crippen LogP contribution in [-0.2, 0) is 4.74 Å². The summed E-state index contributed by atoms with van der Waals surface area (Å²) >= 11 is 4.88. The van der Waals surface area contributed by atoms with Gasteiger partial charge in [-0.15, -0.1) is 11.3 Å². The third kappa shape index (κ3) is 1.95. The van der Waals surface area contributed by atoms with Crippen LogP contribution in [0.25, 0.3) is 0 Å². The van der Waals surface area contributed by atoms with Crippen LogP contribution in [0.2, 0.25) is 0 Å². The normalized spacial score (nSPS) is 18.2. The summed E-state index contributed by atoms with van der Waals surface area (Å²) in [6, 6.07) is 3.83. The molecule has 1 aromatic rings. The van der Waals surface area contributed by atoms with Crippen LogP contribution in [0.15, 0.2) is 27.8 Å². The lowest BCUT2D eigenvalue weighted by Gasteiger charge is -2.09. The molecule has 1 aromatic heterocycles. The van der Waals surface area contributed by atoms with Crippen molar-refractivity contribution in [2.45, 2.75) is 12.5 Å². The van der Waals surface area contributed by atoms with Crippen molar-refractivity contribution in [2.24, 2.45) is 0 Å². The standard InChI is InChI=1S/C9H9BrO2S/c10-8-4-3-7(13-8)9(11)6-2-1-5-12-6/h2-4,9,11H,1,5H2. The maximum atomic E-state index is 9.83. The van der Waals surface area contributed by atoms with Gasteiger partial charge in [-0.1, -0.05) is 0 Å². The number of aliphatic hydroxyl groups is 1. The maximum Gasteiger partial charge on any atom is 0.145 e. The SMILES string of the molecule is OC(C1=CCCO1)c1ccc(Br)s1. The molecular weight excluding hydrogens is 252 g/mol. The van der Waals surface area contributed by atoms with Gasteiger partial charge in [0.2, 0.25) is 0 Å². The Labute approximate surface area is 89.0 Å². The van der Waals surface area contributed by atoms with Crippen LogP contribution < -0.4 is 0 Å². The molecule has 0 fully saturated rings. The molecule has 1 atom stereocenters. The smallest absolute Gasteiger partial charge is 0.145 e. The number of hydrogen-bond donors (Lipinski definition) is 1. The Balaban J connectivity index is 2.16. The van der Waals surface area contributed by atoms with Gasteiger partial charge in [0.15, 0.2) is 0 Å². The van der Waals surface area contributed by atoms with Crippen LogP contribution in [-0.4, -0.2) is 11.7 Å². The zero-order valence-corrected chi connectivity index (χ0v) is 9.27. The van der Waals surface area contributed by atoms with Crippen molar-refractivity contribution in [1.82, 2.24) is 0 Å². The van der Waals surface area contributed by atoms with Gasteiger partial charge in [-0.25, -0.2) is 0 Å². The first-order valence-electron chi connectivity index (χ1n) is 4.03.